The van der Waals surface area contributed by atoms with Gasteiger partial charge in [0.1, 0.15) is 0 Å². The zero-order valence-corrected chi connectivity index (χ0v) is 8.74. The average molecular weight is 214 g/mol. The summed E-state index contributed by atoms with van der Waals surface area (Å²) in [6.07, 6.45) is 3.12. The summed E-state index contributed by atoms with van der Waals surface area (Å²) in [4.78, 5) is 22.6. The Morgan fingerprint density at radius 2 is 1.87 bits per heavy atom. The van der Waals surface area contributed by atoms with Gasteiger partial charge in [0.05, 0.1) is 11.8 Å². The first-order valence-corrected chi connectivity index (χ1v) is 5.37. The van der Waals surface area contributed by atoms with Crippen molar-refractivity contribution in [3.63, 3.8) is 0 Å². The molecule has 0 aromatic rings. The first kappa shape index (κ1) is 12.0. The quantitative estimate of drug-likeness (QED) is 0.612. The van der Waals surface area contributed by atoms with Gasteiger partial charge in [-0.25, -0.2) is 0 Å². The smallest absolute Gasteiger partial charge is 0.307 e. The van der Waals surface area contributed by atoms with Crippen LogP contribution in [0, 0.1) is 11.8 Å². The number of carbonyl (C=O) groups excluding carboxylic acids is 1. The summed E-state index contributed by atoms with van der Waals surface area (Å²) >= 11 is 0. The van der Waals surface area contributed by atoms with Crippen LogP contribution in [0.2, 0.25) is 0 Å². The third-order valence-corrected chi connectivity index (χ3v) is 2.86. The number of amides is 1. The van der Waals surface area contributed by atoms with E-state index in [1.54, 1.807) is 0 Å². The highest BCUT2D eigenvalue weighted by Crippen LogP contribution is 2.30. The molecule has 5 heteroatoms. The minimum atomic E-state index is -0.859. The van der Waals surface area contributed by atoms with Gasteiger partial charge in [-0.05, 0) is 12.8 Å². The number of hydrogen-bond donors (Lipinski definition) is 3. The molecule has 0 heterocycles. The van der Waals surface area contributed by atoms with Gasteiger partial charge in [-0.15, -0.1) is 0 Å². The van der Waals surface area contributed by atoms with Crippen molar-refractivity contribution >= 4 is 11.9 Å². The first-order chi connectivity index (χ1) is 7.16. The average Bonchev–Trinajstić information content (AvgIpc) is 2.25. The van der Waals surface area contributed by atoms with Crippen molar-refractivity contribution in [2.45, 2.75) is 25.7 Å². The largest absolute Gasteiger partial charge is 0.481 e. The van der Waals surface area contributed by atoms with Crippen LogP contribution < -0.4 is 11.1 Å². The summed E-state index contributed by atoms with van der Waals surface area (Å²) in [5.41, 5.74) is 5.27. The number of rotatable bonds is 4. The van der Waals surface area contributed by atoms with Crippen molar-refractivity contribution in [2.24, 2.45) is 17.6 Å². The molecule has 0 aromatic heterocycles. The third kappa shape index (κ3) is 3.20. The van der Waals surface area contributed by atoms with Gasteiger partial charge in [-0.1, -0.05) is 12.8 Å². The van der Waals surface area contributed by atoms with E-state index >= 15 is 0 Å². The molecule has 2 atom stereocenters. The maximum absolute atomic E-state index is 11.6. The number of hydrogen-bond acceptors (Lipinski definition) is 3. The lowest BCUT2D eigenvalue weighted by Gasteiger charge is -2.27. The normalized spacial score (nSPS) is 25.9. The second-order valence-corrected chi connectivity index (χ2v) is 3.92. The van der Waals surface area contributed by atoms with E-state index in [9.17, 15) is 9.59 Å². The van der Waals surface area contributed by atoms with E-state index in [2.05, 4.69) is 5.32 Å². The second kappa shape index (κ2) is 5.70. The third-order valence-electron chi connectivity index (χ3n) is 2.86. The van der Waals surface area contributed by atoms with Crippen molar-refractivity contribution in [1.82, 2.24) is 5.32 Å². The highest BCUT2D eigenvalue weighted by Gasteiger charge is 2.35. The van der Waals surface area contributed by atoms with Gasteiger partial charge in [-0.2, -0.15) is 0 Å². The van der Waals surface area contributed by atoms with Crippen LogP contribution in [0.25, 0.3) is 0 Å². The Labute approximate surface area is 89.0 Å². The highest BCUT2D eigenvalue weighted by atomic mass is 16.4. The molecule has 1 fully saturated rings. The first-order valence-electron chi connectivity index (χ1n) is 5.37. The predicted molar refractivity (Wildman–Crippen MR) is 55.1 cm³/mol. The molecule has 2 unspecified atom stereocenters. The molecule has 0 spiro atoms. The van der Waals surface area contributed by atoms with Crippen LogP contribution in [-0.4, -0.2) is 30.1 Å². The summed E-state index contributed by atoms with van der Waals surface area (Å²) in [5.74, 6) is -1.91. The summed E-state index contributed by atoms with van der Waals surface area (Å²) in [5, 5.41) is 11.6. The van der Waals surface area contributed by atoms with Gasteiger partial charge < -0.3 is 16.2 Å². The highest BCUT2D eigenvalue weighted by molar-refractivity contribution is 5.84. The Balaban J connectivity index is 2.55. The Kier molecular flexibility index (Phi) is 4.55. The number of carbonyl (C=O) groups is 2. The fraction of sp³-hybridized carbons (Fsp3) is 0.800. The molecule has 86 valence electrons. The SMILES string of the molecule is NCCNC(=O)C1CCCCC1C(=O)O. The monoisotopic (exact) mass is 214 g/mol. The van der Waals surface area contributed by atoms with Crippen molar-refractivity contribution in [3.05, 3.63) is 0 Å². The number of carboxylic acid groups (broad SMARTS) is 1. The number of carboxylic acids is 1. The fourth-order valence-electron chi connectivity index (χ4n) is 2.07. The molecule has 5 nitrogen and oxygen atoms in total. The Morgan fingerprint density at radius 1 is 1.27 bits per heavy atom. The van der Waals surface area contributed by atoms with Crippen molar-refractivity contribution in [1.29, 1.82) is 0 Å². The summed E-state index contributed by atoms with van der Waals surface area (Å²) in [6.45, 7) is 0.803. The van der Waals surface area contributed by atoms with Crippen molar-refractivity contribution < 1.29 is 14.7 Å². The lowest BCUT2D eigenvalue weighted by Crippen LogP contribution is -2.41. The molecule has 0 aromatic carbocycles. The van der Waals surface area contributed by atoms with Gasteiger partial charge in [0.15, 0.2) is 0 Å². The molecule has 0 bridgehead atoms. The van der Waals surface area contributed by atoms with E-state index in [-0.39, 0.29) is 11.8 Å². The maximum atomic E-state index is 11.6. The number of aliphatic carboxylic acids is 1. The zero-order valence-electron chi connectivity index (χ0n) is 8.74. The molecule has 4 N–H and O–H groups in total. The van der Waals surface area contributed by atoms with Crippen LogP contribution in [0.15, 0.2) is 0 Å². The van der Waals surface area contributed by atoms with E-state index < -0.39 is 11.9 Å². The molecule has 0 saturated heterocycles. The van der Waals surface area contributed by atoms with Crippen molar-refractivity contribution in [3.8, 4) is 0 Å². The molecule has 1 amide bonds. The number of nitrogens with two attached hydrogens (primary N) is 1. The van der Waals surface area contributed by atoms with Crippen LogP contribution in [0.5, 0.6) is 0 Å². The fourth-order valence-corrected chi connectivity index (χ4v) is 2.07. The molecule has 0 aliphatic heterocycles. The Hall–Kier alpha value is -1.10. The van der Waals surface area contributed by atoms with Gasteiger partial charge in [0.2, 0.25) is 5.91 Å². The Bertz CT molecular complexity index is 243. The second-order valence-electron chi connectivity index (χ2n) is 3.92. The molecule has 1 aliphatic carbocycles. The standard InChI is InChI=1S/C10H18N2O3/c11-5-6-12-9(13)7-3-1-2-4-8(7)10(14)15/h7-8H,1-6,11H2,(H,12,13)(H,14,15). The summed E-state index contributed by atoms with van der Waals surface area (Å²) < 4.78 is 0. The van der Waals surface area contributed by atoms with Gasteiger partial charge in [0.25, 0.3) is 0 Å². The minimum absolute atomic E-state index is 0.160. The Morgan fingerprint density at radius 3 is 2.40 bits per heavy atom. The van der Waals surface area contributed by atoms with Crippen LogP contribution in [-0.2, 0) is 9.59 Å². The van der Waals surface area contributed by atoms with E-state index in [1.165, 1.54) is 0 Å². The zero-order chi connectivity index (χ0) is 11.3. The van der Waals surface area contributed by atoms with E-state index in [0.717, 1.165) is 12.8 Å². The van der Waals surface area contributed by atoms with E-state index in [0.29, 0.717) is 25.9 Å². The molecule has 1 aliphatic rings. The van der Waals surface area contributed by atoms with Crippen LogP contribution >= 0.6 is 0 Å². The summed E-state index contributed by atoms with van der Waals surface area (Å²) in [6, 6.07) is 0. The lowest BCUT2D eigenvalue weighted by molar-refractivity contribution is -0.148. The van der Waals surface area contributed by atoms with Gasteiger partial charge in [-0.3, -0.25) is 9.59 Å². The van der Waals surface area contributed by atoms with Gasteiger partial charge in [0, 0.05) is 13.1 Å². The molecule has 1 rings (SSSR count). The molecular weight excluding hydrogens is 196 g/mol. The number of nitrogens with one attached hydrogen (secondary N) is 1. The maximum Gasteiger partial charge on any atom is 0.307 e. The molecular formula is C10H18N2O3. The topological polar surface area (TPSA) is 92.4 Å². The van der Waals surface area contributed by atoms with Gasteiger partial charge >= 0.3 is 5.97 Å². The molecule has 1 saturated carbocycles. The van der Waals surface area contributed by atoms with E-state index in [1.807, 2.05) is 0 Å². The molecule has 0 radical (unpaired) electrons. The molecule has 15 heavy (non-hydrogen) atoms. The van der Waals surface area contributed by atoms with Crippen LogP contribution in [0.1, 0.15) is 25.7 Å². The van der Waals surface area contributed by atoms with Crippen LogP contribution in [0.3, 0.4) is 0 Å². The lowest BCUT2D eigenvalue weighted by atomic mass is 9.79. The van der Waals surface area contributed by atoms with Crippen LogP contribution in [0.4, 0.5) is 0 Å². The van der Waals surface area contributed by atoms with Crippen molar-refractivity contribution in [2.75, 3.05) is 13.1 Å². The predicted octanol–water partition coefficient (Wildman–Crippen LogP) is -0.0477. The van der Waals surface area contributed by atoms with E-state index in [4.69, 9.17) is 10.8 Å². The minimum Gasteiger partial charge on any atom is -0.481 e. The summed E-state index contributed by atoms with van der Waals surface area (Å²) in [7, 11) is 0.